The zero-order valence-electron chi connectivity index (χ0n) is 6.00. The Labute approximate surface area is 73.3 Å². The first-order chi connectivity index (χ1) is 5.79. The molecule has 0 aliphatic rings. The quantitative estimate of drug-likeness (QED) is 0.592. The molecule has 2 rings (SSSR count). The number of phenols is 1. The number of rotatable bonds is 1. The molecule has 0 bridgehead atoms. The standard InChI is InChI=1S/C7H6ClN3O/c8-11-7-9-5-2-1-4(12)3-6(5)10-7/h1-3,12H,(H2,9,10,11). The number of halogens is 1. The van der Waals surface area contributed by atoms with Crippen molar-refractivity contribution in [2.75, 3.05) is 4.84 Å². The molecule has 5 heteroatoms. The molecular formula is C7H6ClN3O. The van der Waals surface area contributed by atoms with E-state index in [1.807, 2.05) is 0 Å². The lowest BCUT2D eigenvalue weighted by Gasteiger charge is -1.88. The van der Waals surface area contributed by atoms with Crippen molar-refractivity contribution < 1.29 is 5.11 Å². The SMILES string of the molecule is Oc1ccc2nc(NCl)[nH]c2c1. The first kappa shape index (κ1) is 7.24. The van der Waals surface area contributed by atoms with Crippen LogP contribution in [0.5, 0.6) is 5.75 Å². The van der Waals surface area contributed by atoms with Crippen LogP contribution in [0.25, 0.3) is 11.0 Å². The number of benzene rings is 1. The molecule has 0 saturated carbocycles. The number of nitrogens with one attached hydrogen (secondary N) is 2. The fourth-order valence-electron chi connectivity index (χ4n) is 1.04. The molecule has 62 valence electrons. The molecule has 0 amide bonds. The highest BCUT2D eigenvalue weighted by atomic mass is 35.5. The Kier molecular flexibility index (Phi) is 1.55. The number of hydrogen-bond acceptors (Lipinski definition) is 3. The summed E-state index contributed by atoms with van der Waals surface area (Å²) in [7, 11) is 0. The van der Waals surface area contributed by atoms with Gasteiger partial charge in [-0.2, -0.15) is 0 Å². The van der Waals surface area contributed by atoms with Crippen molar-refractivity contribution in [3.63, 3.8) is 0 Å². The second kappa shape index (κ2) is 2.57. The van der Waals surface area contributed by atoms with Crippen LogP contribution in [0.2, 0.25) is 0 Å². The van der Waals surface area contributed by atoms with Crippen LogP contribution < -0.4 is 4.84 Å². The molecule has 4 nitrogen and oxygen atoms in total. The van der Waals surface area contributed by atoms with Gasteiger partial charge in [-0.05, 0) is 12.1 Å². The van der Waals surface area contributed by atoms with Gasteiger partial charge in [0.2, 0.25) is 5.95 Å². The van der Waals surface area contributed by atoms with E-state index in [1.54, 1.807) is 18.2 Å². The summed E-state index contributed by atoms with van der Waals surface area (Å²) in [6.45, 7) is 0. The number of imidazole rings is 1. The van der Waals surface area contributed by atoms with E-state index in [2.05, 4.69) is 14.8 Å². The number of nitrogens with zero attached hydrogens (tertiary/aromatic N) is 1. The van der Waals surface area contributed by atoms with Crippen molar-refractivity contribution in [2.24, 2.45) is 0 Å². The van der Waals surface area contributed by atoms with E-state index >= 15 is 0 Å². The highest BCUT2D eigenvalue weighted by molar-refractivity contribution is 6.23. The first-order valence-electron chi connectivity index (χ1n) is 3.35. The van der Waals surface area contributed by atoms with Crippen molar-refractivity contribution >= 4 is 28.8 Å². The molecule has 2 aromatic rings. The molecule has 1 aromatic heterocycles. The van der Waals surface area contributed by atoms with Crippen LogP contribution in [0.1, 0.15) is 0 Å². The zero-order chi connectivity index (χ0) is 8.55. The highest BCUT2D eigenvalue weighted by Crippen LogP contribution is 2.19. The Balaban J connectivity index is 2.67. The third-order valence-corrected chi connectivity index (χ3v) is 1.73. The smallest absolute Gasteiger partial charge is 0.216 e. The summed E-state index contributed by atoms with van der Waals surface area (Å²) in [5.74, 6) is 0.671. The van der Waals surface area contributed by atoms with Crippen LogP contribution in [-0.4, -0.2) is 15.1 Å². The van der Waals surface area contributed by atoms with E-state index in [0.717, 1.165) is 11.0 Å². The van der Waals surface area contributed by atoms with Gasteiger partial charge in [0.1, 0.15) is 5.75 Å². The minimum absolute atomic E-state index is 0.201. The number of H-pyrrole nitrogens is 1. The van der Waals surface area contributed by atoms with Gasteiger partial charge in [-0.3, -0.25) is 4.84 Å². The number of hydrogen-bond donors (Lipinski definition) is 3. The van der Waals surface area contributed by atoms with Crippen LogP contribution >= 0.6 is 11.8 Å². The average molecular weight is 184 g/mol. The second-order valence-corrected chi connectivity index (χ2v) is 2.57. The van der Waals surface area contributed by atoms with Crippen molar-refractivity contribution in [3.05, 3.63) is 18.2 Å². The van der Waals surface area contributed by atoms with E-state index in [9.17, 15) is 0 Å². The fourth-order valence-corrected chi connectivity index (χ4v) is 1.13. The fraction of sp³-hybridized carbons (Fsp3) is 0. The summed E-state index contributed by atoms with van der Waals surface area (Å²) < 4.78 is 0. The predicted octanol–water partition coefficient (Wildman–Crippen LogP) is 1.83. The zero-order valence-corrected chi connectivity index (χ0v) is 6.76. The number of aromatic hydroxyl groups is 1. The van der Waals surface area contributed by atoms with Crippen molar-refractivity contribution in [2.45, 2.75) is 0 Å². The Hall–Kier alpha value is -1.42. The number of aromatic nitrogens is 2. The lowest BCUT2D eigenvalue weighted by molar-refractivity contribution is 0.476. The Bertz CT molecular complexity index is 412. The minimum atomic E-state index is 0.201. The van der Waals surface area contributed by atoms with Crippen LogP contribution in [0.15, 0.2) is 18.2 Å². The third-order valence-electron chi connectivity index (χ3n) is 1.55. The van der Waals surface area contributed by atoms with Crippen LogP contribution in [-0.2, 0) is 0 Å². The van der Waals surface area contributed by atoms with Gasteiger partial charge in [-0.1, -0.05) is 0 Å². The summed E-state index contributed by atoms with van der Waals surface area (Å²) in [5.41, 5.74) is 1.51. The van der Waals surface area contributed by atoms with E-state index in [0.29, 0.717) is 5.95 Å². The van der Waals surface area contributed by atoms with E-state index in [1.165, 1.54) is 0 Å². The van der Waals surface area contributed by atoms with Crippen molar-refractivity contribution in [1.82, 2.24) is 9.97 Å². The average Bonchev–Trinajstić information content (AvgIpc) is 2.46. The van der Waals surface area contributed by atoms with Gasteiger partial charge in [-0.25, -0.2) is 4.98 Å². The molecule has 0 saturated heterocycles. The van der Waals surface area contributed by atoms with Crippen LogP contribution in [0.3, 0.4) is 0 Å². The van der Waals surface area contributed by atoms with Crippen LogP contribution in [0, 0.1) is 0 Å². The number of fused-ring (bicyclic) bond motifs is 1. The van der Waals surface area contributed by atoms with Gasteiger partial charge in [0.25, 0.3) is 0 Å². The Morgan fingerprint density at radius 1 is 1.50 bits per heavy atom. The lowest BCUT2D eigenvalue weighted by atomic mass is 10.3. The molecule has 0 spiro atoms. The Morgan fingerprint density at radius 2 is 2.33 bits per heavy atom. The Morgan fingerprint density at radius 3 is 3.08 bits per heavy atom. The van der Waals surface area contributed by atoms with Gasteiger partial charge in [0.05, 0.1) is 11.0 Å². The summed E-state index contributed by atoms with van der Waals surface area (Å²) in [4.78, 5) is 9.29. The summed E-state index contributed by atoms with van der Waals surface area (Å²) in [6, 6.07) is 4.86. The van der Waals surface area contributed by atoms with Crippen molar-refractivity contribution in [3.8, 4) is 5.75 Å². The normalized spacial score (nSPS) is 10.4. The molecule has 0 aliphatic heterocycles. The summed E-state index contributed by atoms with van der Waals surface area (Å²) in [6.07, 6.45) is 0. The number of aromatic amines is 1. The largest absolute Gasteiger partial charge is 0.508 e. The number of anilines is 1. The molecule has 0 aliphatic carbocycles. The van der Waals surface area contributed by atoms with Gasteiger partial charge >= 0.3 is 0 Å². The maximum atomic E-state index is 9.11. The molecule has 12 heavy (non-hydrogen) atoms. The molecule has 0 radical (unpaired) electrons. The molecule has 1 aromatic carbocycles. The maximum absolute atomic E-state index is 9.11. The topological polar surface area (TPSA) is 60.9 Å². The molecule has 3 N–H and O–H groups in total. The molecule has 0 unspecified atom stereocenters. The summed E-state index contributed by atoms with van der Waals surface area (Å²) >= 11 is 5.33. The second-order valence-electron chi connectivity index (χ2n) is 2.38. The molecule has 1 heterocycles. The van der Waals surface area contributed by atoms with Crippen molar-refractivity contribution in [1.29, 1.82) is 0 Å². The van der Waals surface area contributed by atoms with Gasteiger partial charge < -0.3 is 10.1 Å². The maximum Gasteiger partial charge on any atom is 0.216 e. The lowest BCUT2D eigenvalue weighted by Crippen LogP contribution is -1.79. The van der Waals surface area contributed by atoms with Crippen LogP contribution in [0.4, 0.5) is 5.95 Å². The molecular weight excluding hydrogens is 178 g/mol. The van der Waals surface area contributed by atoms with Gasteiger partial charge in [0, 0.05) is 17.8 Å². The molecule has 0 atom stereocenters. The van der Waals surface area contributed by atoms with Gasteiger partial charge in [0.15, 0.2) is 0 Å². The molecule has 0 fully saturated rings. The first-order valence-corrected chi connectivity index (χ1v) is 3.73. The summed E-state index contributed by atoms with van der Waals surface area (Å²) in [5, 5.41) is 9.11. The number of phenolic OH excluding ortho intramolecular Hbond substituents is 1. The van der Waals surface area contributed by atoms with E-state index in [-0.39, 0.29) is 5.75 Å². The predicted molar refractivity (Wildman–Crippen MR) is 47.2 cm³/mol. The highest BCUT2D eigenvalue weighted by Gasteiger charge is 2.00. The van der Waals surface area contributed by atoms with E-state index in [4.69, 9.17) is 16.9 Å². The van der Waals surface area contributed by atoms with Gasteiger partial charge in [-0.15, -0.1) is 0 Å². The monoisotopic (exact) mass is 183 g/mol. The van der Waals surface area contributed by atoms with E-state index < -0.39 is 0 Å². The minimum Gasteiger partial charge on any atom is -0.508 e. The third kappa shape index (κ3) is 1.06.